The lowest BCUT2D eigenvalue weighted by Gasteiger charge is -2.34. The largest absolute Gasteiger partial charge is 0.283 e. The molecule has 0 aromatic rings. The second-order valence-electron chi connectivity index (χ2n) is 3.53. The lowest BCUT2D eigenvalue weighted by atomic mass is 10.2. The molecule has 1 fully saturated rings. The van der Waals surface area contributed by atoms with Crippen LogP contribution < -0.4 is 0 Å². The van der Waals surface area contributed by atoms with Crippen LogP contribution >= 0.6 is 0 Å². The summed E-state index contributed by atoms with van der Waals surface area (Å²) in [6.07, 6.45) is 0. The molecule has 0 bridgehead atoms. The third-order valence-corrected chi connectivity index (χ3v) is 2.33. The van der Waals surface area contributed by atoms with Crippen molar-refractivity contribution in [1.82, 2.24) is 9.80 Å². The first kappa shape index (κ1) is 10.2. The van der Waals surface area contributed by atoms with Gasteiger partial charge in [0.1, 0.15) is 0 Å². The van der Waals surface area contributed by atoms with Gasteiger partial charge in [-0.3, -0.25) is 19.4 Å². The van der Waals surface area contributed by atoms with E-state index < -0.39 is 0 Å². The summed E-state index contributed by atoms with van der Waals surface area (Å²) in [6.45, 7) is 7.03. The summed E-state index contributed by atoms with van der Waals surface area (Å²) in [7, 11) is 0. The van der Waals surface area contributed by atoms with Crippen LogP contribution in [0.25, 0.3) is 0 Å². The molecule has 1 aliphatic rings. The number of carbonyl (C=O) groups is 2. The summed E-state index contributed by atoms with van der Waals surface area (Å²) < 4.78 is 0. The van der Waals surface area contributed by atoms with Crippen LogP contribution in [0.4, 0.5) is 0 Å². The third-order valence-electron chi connectivity index (χ3n) is 2.33. The summed E-state index contributed by atoms with van der Waals surface area (Å²) in [4.78, 5) is 26.0. The smallest absolute Gasteiger partial charge is 0.243 e. The molecule has 0 spiro atoms. The Morgan fingerprint density at radius 3 is 2.00 bits per heavy atom. The molecule has 2 amide bonds. The van der Waals surface area contributed by atoms with Crippen molar-refractivity contribution in [2.75, 3.05) is 19.6 Å². The number of hydrogen-bond acceptors (Lipinski definition) is 3. The van der Waals surface area contributed by atoms with Gasteiger partial charge in [-0.2, -0.15) is 0 Å². The number of carbonyl (C=O) groups excluding carboxylic acids is 2. The lowest BCUT2D eigenvalue weighted by Crippen LogP contribution is -2.55. The lowest BCUT2D eigenvalue weighted by molar-refractivity contribution is -0.151. The minimum Gasteiger partial charge on any atom is -0.283 e. The van der Waals surface area contributed by atoms with E-state index in [1.165, 1.54) is 4.90 Å². The molecule has 0 aliphatic carbocycles. The van der Waals surface area contributed by atoms with Crippen molar-refractivity contribution >= 4 is 11.8 Å². The molecule has 0 unspecified atom stereocenters. The third kappa shape index (κ3) is 2.06. The van der Waals surface area contributed by atoms with Crippen LogP contribution in [0.3, 0.4) is 0 Å². The molecule has 1 rings (SSSR count). The Balaban J connectivity index is 2.67. The maximum Gasteiger partial charge on any atom is 0.243 e. The molecule has 0 atom stereocenters. The number of imide groups is 1. The maximum atomic E-state index is 11.4. The van der Waals surface area contributed by atoms with Gasteiger partial charge in [-0.1, -0.05) is 0 Å². The molecule has 0 aromatic heterocycles. The fraction of sp³-hybridized carbons (Fsp3) is 0.778. The molecule has 74 valence electrons. The maximum absolute atomic E-state index is 11.4. The standard InChI is InChI=1S/C9H16N2O2/c1-4-11-8(12)5-10(7(2)3)6-9(11)13/h7H,4-6H2,1-3H3. The minimum absolute atomic E-state index is 0.0764. The molecular weight excluding hydrogens is 168 g/mol. The van der Waals surface area contributed by atoms with E-state index in [-0.39, 0.29) is 17.9 Å². The van der Waals surface area contributed by atoms with E-state index in [1.54, 1.807) is 0 Å². The highest BCUT2D eigenvalue weighted by Crippen LogP contribution is 2.07. The number of piperazine rings is 1. The van der Waals surface area contributed by atoms with Crippen LogP contribution in [0.15, 0.2) is 0 Å². The van der Waals surface area contributed by atoms with Gasteiger partial charge in [0.05, 0.1) is 13.1 Å². The number of rotatable bonds is 2. The second kappa shape index (κ2) is 3.87. The van der Waals surface area contributed by atoms with Crippen LogP contribution in [0.5, 0.6) is 0 Å². The average molecular weight is 184 g/mol. The first-order valence-corrected chi connectivity index (χ1v) is 4.63. The van der Waals surface area contributed by atoms with Crippen LogP contribution in [0.2, 0.25) is 0 Å². The van der Waals surface area contributed by atoms with Crippen LogP contribution in [-0.4, -0.2) is 47.3 Å². The molecule has 0 N–H and O–H groups in total. The SMILES string of the molecule is CCN1C(=O)CN(C(C)C)CC1=O. The van der Waals surface area contributed by atoms with E-state index in [0.29, 0.717) is 19.6 Å². The molecule has 1 aliphatic heterocycles. The molecule has 0 saturated carbocycles. The number of likely N-dealkylation sites (N-methyl/N-ethyl adjacent to an activating group) is 1. The second-order valence-corrected chi connectivity index (χ2v) is 3.53. The van der Waals surface area contributed by atoms with E-state index in [9.17, 15) is 9.59 Å². The molecule has 0 radical (unpaired) electrons. The van der Waals surface area contributed by atoms with Crippen LogP contribution in [-0.2, 0) is 9.59 Å². The van der Waals surface area contributed by atoms with Gasteiger partial charge in [0.2, 0.25) is 11.8 Å². The van der Waals surface area contributed by atoms with Gasteiger partial charge in [0.15, 0.2) is 0 Å². The van der Waals surface area contributed by atoms with Crippen molar-refractivity contribution in [3.63, 3.8) is 0 Å². The van der Waals surface area contributed by atoms with Crippen molar-refractivity contribution < 1.29 is 9.59 Å². The monoisotopic (exact) mass is 184 g/mol. The summed E-state index contributed by atoms with van der Waals surface area (Å²) in [6, 6.07) is 0.256. The Kier molecular flexibility index (Phi) is 3.03. The number of hydrogen-bond donors (Lipinski definition) is 0. The summed E-state index contributed by atoms with van der Waals surface area (Å²) in [5, 5.41) is 0. The zero-order valence-electron chi connectivity index (χ0n) is 8.41. The van der Waals surface area contributed by atoms with E-state index in [1.807, 2.05) is 25.7 Å². The normalized spacial score (nSPS) is 20.2. The summed E-state index contributed by atoms with van der Waals surface area (Å²) in [5.74, 6) is -0.153. The van der Waals surface area contributed by atoms with Gasteiger partial charge < -0.3 is 0 Å². The first-order valence-electron chi connectivity index (χ1n) is 4.63. The number of nitrogens with zero attached hydrogens (tertiary/aromatic N) is 2. The molecule has 13 heavy (non-hydrogen) atoms. The van der Waals surface area contributed by atoms with Crippen molar-refractivity contribution in [2.45, 2.75) is 26.8 Å². The molecule has 0 aromatic carbocycles. The molecule has 1 heterocycles. The Morgan fingerprint density at radius 2 is 1.69 bits per heavy atom. The summed E-state index contributed by atoms with van der Waals surface area (Å²) in [5.41, 5.74) is 0. The molecule has 4 heteroatoms. The van der Waals surface area contributed by atoms with Gasteiger partial charge in [0, 0.05) is 12.6 Å². The average Bonchev–Trinajstić information content (AvgIpc) is 2.03. The van der Waals surface area contributed by atoms with Crippen LogP contribution in [0.1, 0.15) is 20.8 Å². The Labute approximate surface area is 78.5 Å². The quantitative estimate of drug-likeness (QED) is 0.571. The van der Waals surface area contributed by atoms with E-state index >= 15 is 0 Å². The topological polar surface area (TPSA) is 40.6 Å². The van der Waals surface area contributed by atoms with Crippen molar-refractivity contribution in [2.24, 2.45) is 0 Å². The predicted octanol–water partition coefficient (Wildman–Crippen LogP) is 0.0855. The van der Waals surface area contributed by atoms with E-state index in [4.69, 9.17) is 0 Å². The highest BCUT2D eigenvalue weighted by Gasteiger charge is 2.30. The zero-order valence-corrected chi connectivity index (χ0v) is 8.41. The Morgan fingerprint density at radius 1 is 1.23 bits per heavy atom. The van der Waals surface area contributed by atoms with Crippen molar-refractivity contribution in [1.29, 1.82) is 0 Å². The zero-order chi connectivity index (χ0) is 10.0. The molecular formula is C9H16N2O2. The minimum atomic E-state index is -0.0764. The Hall–Kier alpha value is -0.900. The van der Waals surface area contributed by atoms with Gasteiger partial charge >= 0.3 is 0 Å². The van der Waals surface area contributed by atoms with Crippen molar-refractivity contribution in [3.8, 4) is 0 Å². The fourth-order valence-electron chi connectivity index (χ4n) is 1.43. The predicted molar refractivity (Wildman–Crippen MR) is 49.1 cm³/mol. The van der Waals surface area contributed by atoms with Gasteiger partial charge in [-0.15, -0.1) is 0 Å². The highest BCUT2D eigenvalue weighted by molar-refractivity contribution is 5.99. The summed E-state index contributed by atoms with van der Waals surface area (Å²) >= 11 is 0. The van der Waals surface area contributed by atoms with Crippen molar-refractivity contribution in [3.05, 3.63) is 0 Å². The highest BCUT2D eigenvalue weighted by atomic mass is 16.2. The first-order chi connectivity index (χ1) is 6.06. The number of amides is 2. The molecule has 1 saturated heterocycles. The van der Waals surface area contributed by atoms with E-state index in [0.717, 1.165) is 0 Å². The van der Waals surface area contributed by atoms with Crippen LogP contribution in [0, 0.1) is 0 Å². The van der Waals surface area contributed by atoms with Gasteiger partial charge in [0.25, 0.3) is 0 Å². The van der Waals surface area contributed by atoms with Gasteiger partial charge in [-0.05, 0) is 20.8 Å². The Bertz CT molecular complexity index is 208. The van der Waals surface area contributed by atoms with E-state index in [2.05, 4.69) is 0 Å². The van der Waals surface area contributed by atoms with Gasteiger partial charge in [-0.25, -0.2) is 0 Å². The molecule has 4 nitrogen and oxygen atoms in total. The fourth-order valence-corrected chi connectivity index (χ4v) is 1.43.